The van der Waals surface area contributed by atoms with Crippen LogP contribution >= 0.6 is 0 Å². The maximum atomic E-state index is 11.2. The Hall–Kier alpha value is -1.10. The van der Waals surface area contributed by atoms with Gasteiger partial charge in [-0.1, -0.05) is 0 Å². The molecule has 1 aliphatic heterocycles. The second-order valence-electron chi connectivity index (χ2n) is 3.75. The Labute approximate surface area is 76.7 Å². The zero-order valence-electron chi connectivity index (χ0n) is 8.00. The Morgan fingerprint density at radius 1 is 1.54 bits per heavy atom. The third kappa shape index (κ3) is 1.80. The molecular weight excluding hydrogens is 172 g/mol. The van der Waals surface area contributed by atoms with Crippen LogP contribution in [0.25, 0.3) is 0 Å². The molecule has 1 atom stereocenters. The van der Waals surface area contributed by atoms with E-state index in [0.717, 1.165) is 4.90 Å². The third-order valence-corrected chi connectivity index (χ3v) is 2.29. The topological polar surface area (TPSA) is 69.6 Å². The molecule has 5 nitrogen and oxygen atoms in total. The van der Waals surface area contributed by atoms with Crippen LogP contribution < -0.4 is 5.32 Å². The summed E-state index contributed by atoms with van der Waals surface area (Å²) in [6, 6.07) is -0.942. The van der Waals surface area contributed by atoms with Gasteiger partial charge in [-0.2, -0.15) is 0 Å². The molecule has 0 spiro atoms. The number of hydrogen-bond acceptors (Lipinski definition) is 3. The summed E-state index contributed by atoms with van der Waals surface area (Å²) in [5, 5.41) is 12.0. The molecule has 0 aromatic rings. The molecular formula is C8H14N2O3. The van der Waals surface area contributed by atoms with E-state index in [2.05, 4.69) is 5.32 Å². The molecule has 3 amide bonds. The van der Waals surface area contributed by atoms with Gasteiger partial charge in [0.2, 0.25) is 5.91 Å². The second kappa shape index (κ2) is 2.99. The van der Waals surface area contributed by atoms with E-state index in [1.807, 2.05) is 0 Å². The molecule has 1 fully saturated rings. The van der Waals surface area contributed by atoms with E-state index in [1.54, 1.807) is 20.8 Å². The van der Waals surface area contributed by atoms with Crippen molar-refractivity contribution in [2.24, 2.45) is 0 Å². The van der Waals surface area contributed by atoms with E-state index in [1.165, 1.54) is 0 Å². The van der Waals surface area contributed by atoms with Crippen LogP contribution in [0.4, 0.5) is 4.79 Å². The summed E-state index contributed by atoms with van der Waals surface area (Å²) in [7, 11) is 0. The van der Waals surface area contributed by atoms with Crippen molar-refractivity contribution in [1.29, 1.82) is 0 Å². The van der Waals surface area contributed by atoms with Gasteiger partial charge >= 0.3 is 6.03 Å². The lowest BCUT2D eigenvalue weighted by Crippen LogP contribution is -2.50. The lowest BCUT2D eigenvalue weighted by molar-refractivity contribution is -0.130. The summed E-state index contributed by atoms with van der Waals surface area (Å²) in [6.07, 6.45) is 0. The van der Waals surface area contributed by atoms with Crippen LogP contribution in [0, 0.1) is 0 Å². The highest BCUT2D eigenvalue weighted by molar-refractivity contribution is 6.02. The predicted molar refractivity (Wildman–Crippen MR) is 46.0 cm³/mol. The molecule has 0 aromatic carbocycles. The van der Waals surface area contributed by atoms with Crippen molar-refractivity contribution in [1.82, 2.24) is 10.2 Å². The molecule has 0 aliphatic carbocycles. The first-order chi connectivity index (χ1) is 5.84. The van der Waals surface area contributed by atoms with E-state index >= 15 is 0 Å². The van der Waals surface area contributed by atoms with Gasteiger partial charge in [0, 0.05) is 0 Å². The van der Waals surface area contributed by atoms with Crippen molar-refractivity contribution in [2.45, 2.75) is 32.4 Å². The van der Waals surface area contributed by atoms with Crippen LogP contribution in [0.15, 0.2) is 0 Å². The summed E-state index contributed by atoms with van der Waals surface area (Å²) >= 11 is 0. The van der Waals surface area contributed by atoms with Gasteiger partial charge in [-0.15, -0.1) is 0 Å². The van der Waals surface area contributed by atoms with E-state index in [-0.39, 0.29) is 12.5 Å². The lowest BCUT2D eigenvalue weighted by Gasteiger charge is -2.31. The summed E-state index contributed by atoms with van der Waals surface area (Å²) in [6.45, 7) is 4.80. The van der Waals surface area contributed by atoms with Gasteiger partial charge in [0.1, 0.15) is 0 Å². The first kappa shape index (κ1) is 9.98. The van der Waals surface area contributed by atoms with Crippen LogP contribution in [-0.2, 0) is 4.79 Å². The molecule has 1 rings (SSSR count). The molecule has 0 aromatic heterocycles. The second-order valence-corrected chi connectivity index (χ2v) is 3.75. The van der Waals surface area contributed by atoms with Crippen LogP contribution in [0.5, 0.6) is 0 Å². The highest BCUT2D eigenvalue weighted by atomic mass is 16.3. The molecule has 74 valence electrons. The third-order valence-electron chi connectivity index (χ3n) is 2.29. The standard InChI is InChI=1S/C8H14N2O3/c1-5(8(2,3)13)10-6(11)4-9-7(10)12/h5,13H,4H2,1-3H3,(H,9,12). The Bertz CT molecular complexity index is 228. The number of urea groups is 1. The maximum Gasteiger partial charge on any atom is 0.324 e. The van der Waals surface area contributed by atoms with E-state index in [0.29, 0.717) is 0 Å². The van der Waals surface area contributed by atoms with Crippen LogP contribution in [0.1, 0.15) is 20.8 Å². The number of imide groups is 1. The zero-order chi connectivity index (χ0) is 10.2. The molecule has 0 bridgehead atoms. The van der Waals surface area contributed by atoms with E-state index < -0.39 is 17.7 Å². The highest BCUT2D eigenvalue weighted by Gasteiger charge is 2.39. The molecule has 2 N–H and O–H groups in total. The van der Waals surface area contributed by atoms with Crippen LogP contribution in [0.3, 0.4) is 0 Å². The van der Waals surface area contributed by atoms with Crippen molar-refractivity contribution >= 4 is 11.9 Å². The highest BCUT2D eigenvalue weighted by Crippen LogP contribution is 2.17. The number of amides is 3. The molecule has 1 unspecified atom stereocenters. The van der Waals surface area contributed by atoms with Crippen LogP contribution in [0.2, 0.25) is 0 Å². The Balaban J connectivity index is 2.82. The molecule has 13 heavy (non-hydrogen) atoms. The minimum atomic E-state index is -1.07. The van der Waals surface area contributed by atoms with Crippen molar-refractivity contribution in [2.75, 3.05) is 6.54 Å². The fourth-order valence-corrected chi connectivity index (χ4v) is 1.14. The van der Waals surface area contributed by atoms with Gasteiger partial charge in [0.25, 0.3) is 0 Å². The maximum absolute atomic E-state index is 11.2. The van der Waals surface area contributed by atoms with E-state index in [9.17, 15) is 14.7 Å². The van der Waals surface area contributed by atoms with Gasteiger partial charge in [0.15, 0.2) is 0 Å². The first-order valence-electron chi connectivity index (χ1n) is 4.16. The minimum Gasteiger partial charge on any atom is -0.388 e. The van der Waals surface area contributed by atoms with Gasteiger partial charge in [-0.3, -0.25) is 9.69 Å². The van der Waals surface area contributed by atoms with Crippen molar-refractivity contribution in [3.8, 4) is 0 Å². The van der Waals surface area contributed by atoms with Crippen molar-refractivity contribution < 1.29 is 14.7 Å². The summed E-state index contributed by atoms with van der Waals surface area (Å²) < 4.78 is 0. The number of aliphatic hydroxyl groups is 1. The number of carbonyl (C=O) groups excluding carboxylic acids is 2. The van der Waals surface area contributed by atoms with Crippen molar-refractivity contribution in [3.05, 3.63) is 0 Å². The molecule has 1 heterocycles. The first-order valence-corrected chi connectivity index (χ1v) is 4.16. The largest absolute Gasteiger partial charge is 0.388 e. The lowest BCUT2D eigenvalue weighted by atomic mass is 9.99. The van der Waals surface area contributed by atoms with Crippen molar-refractivity contribution in [3.63, 3.8) is 0 Å². The number of nitrogens with one attached hydrogen (secondary N) is 1. The van der Waals surface area contributed by atoms with Gasteiger partial charge in [-0.05, 0) is 20.8 Å². The normalized spacial score (nSPS) is 20.5. The number of rotatable bonds is 2. The molecule has 1 aliphatic rings. The molecule has 0 radical (unpaired) electrons. The fourth-order valence-electron chi connectivity index (χ4n) is 1.14. The predicted octanol–water partition coefficient (Wildman–Crippen LogP) is -0.302. The average Bonchev–Trinajstić information content (AvgIpc) is 2.28. The van der Waals surface area contributed by atoms with Gasteiger partial charge < -0.3 is 10.4 Å². The number of hydrogen-bond donors (Lipinski definition) is 2. The number of nitrogens with zero attached hydrogens (tertiary/aromatic N) is 1. The van der Waals surface area contributed by atoms with Gasteiger partial charge in [-0.25, -0.2) is 4.79 Å². The Morgan fingerprint density at radius 2 is 2.08 bits per heavy atom. The summed E-state index contributed by atoms with van der Waals surface area (Å²) in [4.78, 5) is 23.4. The molecule has 1 saturated heterocycles. The Kier molecular flexibility index (Phi) is 2.30. The quantitative estimate of drug-likeness (QED) is 0.581. The smallest absolute Gasteiger partial charge is 0.324 e. The Morgan fingerprint density at radius 3 is 2.38 bits per heavy atom. The zero-order valence-corrected chi connectivity index (χ0v) is 8.00. The average molecular weight is 186 g/mol. The molecule has 5 heteroatoms. The van der Waals surface area contributed by atoms with Crippen LogP contribution in [-0.4, -0.2) is 40.1 Å². The number of carbonyl (C=O) groups is 2. The summed E-state index contributed by atoms with van der Waals surface area (Å²) in [5.74, 6) is -0.292. The monoisotopic (exact) mass is 186 g/mol. The van der Waals surface area contributed by atoms with E-state index in [4.69, 9.17) is 0 Å². The summed E-state index contributed by atoms with van der Waals surface area (Å²) in [5.41, 5.74) is -1.07. The van der Waals surface area contributed by atoms with Gasteiger partial charge in [0.05, 0.1) is 18.2 Å². The minimum absolute atomic E-state index is 0.0270. The fraction of sp³-hybridized carbons (Fsp3) is 0.750. The molecule has 0 saturated carbocycles. The SMILES string of the molecule is CC(N1C(=O)CNC1=O)C(C)(C)O.